The molecule has 0 amide bonds. The van der Waals surface area contributed by atoms with Gasteiger partial charge in [0.15, 0.2) is 5.60 Å². The average molecular weight is 248 g/mol. The summed E-state index contributed by atoms with van der Waals surface area (Å²) in [7, 11) is 0. The number of carboxylic acids is 1. The van der Waals surface area contributed by atoms with E-state index in [1.54, 1.807) is 11.8 Å². The molecule has 1 atom stereocenters. The molecule has 0 saturated carbocycles. The summed E-state index contributed by atoms with van der Waals surface area (Å²) in [5, 5.41) is 18.1. The van der Waals surface area contributed by atoms with Crippen LogP contribution in [0.2, 0.25) is 0 Å². The zero-order valence-electron chi connectivity index (χ0n) is 9.86. The van der Waals surface area contributed by atoms with Gasteiger partial charge in [0.1, 0.15) is 0 Å². The van der Waals surface area contributed by atoms with E-state index in [9.17, 15) is 9.90 Å². The molecule has 1 aliphatic heterocycles. The zero-order chi connectivity index (χ0) is 12.2. The van der Waals surface area contributed by atoms with Crippen LogP contribution >= 0.6 is 11.8 Å². The van der Waals surface area contributed by atoms with E-state index in [0.717, 1.165) is 12.2 Å². The fourth-order valence-corrected chi connectivity index (χ4v) is 3.59. The van der Waals surface area contributed by atoms with Gasteiger partial charge in [0.05, 0.1) is 6.61 Å². The van der Waals surface area contributed by atoms with Crippen LogP contribution in [0, 0.1) is 5.41 Å². The third-order valence-electron chi connectivity index (χ3n) is 3.27. The van der Waals surface area contributed by atoms with Crippen molar-refractivity contribution in [3.63, 3.8) is 0 Å². The van der Waals surface area contributed by atoms with Gasteiger partial charge in [-0.2, -0.15) is 11.8 Å². The predicted molar refractivity (Wildman–Crippen MR) is 63.7 cm³/mol. The second-order valence-corrected chi connectivity index (χ2v) is 5.85. The minimum absolute atomic E-state index is 0.0310. The Balaban J connectivity index is 2.81. The monoisotopic (exact) mass is 248 g/mol. The summed E-state index contributed by atoms with van der Waals surface area (Å²) < 4.78 is 5.61. The van der Waals surface area contributed by atoms with E-state index < -0.39 is 11.6 Å². The Morgan fingerprint density at radius 1 is 1.50 bits per heavy atom. The van der Waals surface area contributed by atoms with E-state index in [2.05, 4.69) is 0 Å². The molecule has 1 fully saturated rings. The lowest BCUT2D eigenvalue weighted by Gasteiger charge is -2.46. The molecule has 0 spiro atoms. The molecule has 4 nitrogen and oxygen atoms in total. The second-order valence-electron chi connectivity index (χ2n) is 4.74. The normalized spacial score (nSPS) is 28.9. The van der Waals surface area contributed by atoms with E-state index in [0.29, 0.717) is 18.8 Å². The zero-order valence-corrected chi connectivity index (χ0v) is 10.7. The number of carboxylic acid groups (broad SMARTS) is 1. The smallest absolute Gasteiger partial charge is 0.337 e. The van der Waals surface area contributed by atoms with E-state index in [-0.39, 0.29) is 12.0 Å². The summed E-state index contributed by atoms with van der Waals surface area (Å²) in [6, 6.07) is 0. The molecule has 2 N–H and O–H groups in total. The van der Waals surface area contributed by atoms with E-state index in [4.69, 9.17) is 9.84 Å². The molecule has 16 heavy (non-hydrogen) atoms. The first-order valence-corrected chi connectivity index (χ1v) is 6.68. The van der Waals surface area contributed by atoms with Crippen LogP contribution in [0.1, 0.15) is 26.7 Å². The van der Waals surface area contributed by atoms with Crippen molar-refractivity contribution in [3.8, 4) is 0 Å². The molecular weight excluding hydrogens is 228 g/mol. The fraction of sp³-hybridized carbons (Fsp3) is 0.909. The Kier molecular flexibility index (Phi) is 4.64. The molecule has 1 aliphatic rings. The lowest BCUT2D eigenvalue weighted by molar-refractivity contribution is -0.181. The van der Waals surface area contributed by atoms with Gasteiger partial charge < -0.3 is 14.9 Å². The molecule has 0 aromatic heterocycles. The number of hydrogen-bond acceptors (Lipinski definition) is 4. The highest BCUT2D eigenvalue weighted by atomic mass is 32.2. The number of ether oxygens (including phenoxy) is 1. The second kappa shape index (κ2) is 5.38. The van der Waals surface area contributed by atoms with Crippen LogP contribution in [-0.2, 0) is 9.53 Å². The number of thioether (sulfide) groups is 1. The lowest BCUT2D eigenvalue weighted by Crippen LogP contribution is -2.58. The number of hydrogen-bond donors (Lipinski definition) is 2. The molecule has 5 heteroatoms. The Morgan fingerprint density at radius 3 is 2.69 bits per heavy atom. The largest absolute Gasteiger partial charge is 0.479 e. The number of aliphatic hydroxyl groups excluding tert-OH is 1. The fourth-order valence-electron chi connectivity index (χ4n) is 1.90. The number of rotatable bonds is 5. The summed E-state index contributed by atoms with van der Waals surface area (Å²) >= 11 is 1.62. The number of aliphatic hydroxyl groups is 1. The van der Waals surface area contributed by atoms with Crippen molar-refractivity contribution in [1.29, 1.82) is 0 Å². The van der Waals surface area contributed by atoms with Gasteiger partial charge in [-0.25, -0.2) is 4.79 Å². The van der Waals surface area contributed by atoms with Gasteiger partial charge in [0.25, 0.3) is 0 Å². The van der Waals surface area contributed by atoms with Gasteiger partial charge in [-0.3, -0.25) is 0 Å². The maximum Gasteiger partial charge on any atom is 0.337 e. The molecule has 0 radical (unpaired) electrons. The maximum atomic E-state index is 11.5. The summed E-state index contributed by atoms with van der Waals surface area (Å²) in [6.45, 7) is 4.22. The minimum atomic E-state index is -1.11. The highest BCUT2D eigenvalue weighted by Crippen LogP contribution is 2.45. The minimum Gasteiger partial charge on any atom is -0.479 e. The summed E-state index contributed by atoms with van der Waals surface area (Å²) in [5.74, 6) is 0.578. The van der Waals surface area contributed by atoms with Crippen LogP contribution in [0.25, 0.3) is 0 Å². The van der Waals surface area contributed by atoms with Gasteiger partial charge in [-0.05, 0) is 18.6 Å². The number of aliphatic carboxylic acids is 1. The molecule has 94 valence electrons. The standard InChI is InChI=1S/C11H20O4S/c1-10(2)4-7-16-8-11(10,9(13)14)15-6-3-5-12/h12H,3-8H2,1-2H3,(H,13,14). The molecule has 0 aromatic rings. The highest BCUT2D eigenvalue weighted by molar-refractivity contribution is 7.99. The Hall–Kier alpha value is -0.260. The third kappa shape index (κ3) is 2.52. The molecule has 1 saturated heterocycles. The van der Waals surface area contributed by atoms with Crippen molar-refractivity contribution in [3.05, 3.63) is 0 Å². The van der Waals surface area contributed by atoms with Crippen molar-refractivity contribution in [2.24, 2.45) is 5.41 Å². The van der Waals surface area contributed by atoms with Crippen LogP contribution in [-0.4, -0.2) is 46.5 Å². The highest BCUT2D eigenvalue weighted by Gasteiger charge is 2.54. The van der Waals surface area contributed by atoms with Gasteiger partial charge in [-0.1, -0.05) is 13.8 Å². The summed E-state index contributed by atoms with van der Waals surface area (Å²) in [5.41, 5.74) is -1.47. The quantitative estimate of drug-likeness (QED) is 0.719. The van der Waals surface area contributed by atoms with Crippen molar-refractivity contribution in [1.82, 2.24) is 0 Å². The van der Waals surface area contributed by atoms with Gasteiger partial charge >= 0.3 is 5.97 Å². The number of carbonyl (C=O) groups is 1. The Labute approximate surface area is 100 Å². The van der Waals surface area contributed by atoms with Crippen LogP contribution in [0.4, 0.5) is 0 Å². The van der Waals surface area contributed by atoms with E-state index >= 15 is 0 Å². The first-order chi connectivity index (χ1) is 7.46. The van der Waals surface area contributed by atoms with Crippen LogP contribution in [0.5, 0.6) is 0 Å². The first kappa shape index (κ1) is 13.8. The molecule has 1 unspecified atom stereocenters. The van der Waals surface area contributed by atoms with Gasteiger partial charge in [-0.15, -0.1) is 0 Å². The van der Waals surface area contributed by atoms with Crippen molar-refractivity contribution >= 4 is 17.7 Å². The van der Waals surface area contributed by atoms with Crippen LogP contribution in [0.3, 0.4) is 0 Å². The molecule has 0 aliphatic carbocycles. The van der Waals surface area contributed by atoms with Crippen molar-refractivity contribution < 1.29 is 19.7 Å². The molecular formula is C11H20O4S. The van der Waals surface area contributed by atoms with Crippen molar-refractivity contribution in [2.75, 3.05) is 24.7 Å². The molecule has 0 aromatic carbocycles. The SMILES string of the molecule is CC1(C)CCSCC1(OCCCO)C(=O)O. The maximum absolute atomic E-state index is 11.5. The van der Waals surface area contributed by atoms with Crippen molar-refractivity contribution in [2.45, 2.75) is 32.3 Å². The van der Waals surface area contributed by atoms with Crippen LogP contribution in [0.15, 0.2) is 0 Å². The Bertz CT molecular complexity index is 254. The molecule has 1 heterocycles. The summed E-state index contributed by atoms with van der Waals surface area (Å²) in [6.07, 6.45) is 1.32. The van der Waals surface area contributed by atoms with E-state index in [1.807, 2.05) is 13.8 Å². The molecule has 0 bridgehead atoms. The molecule has 1 rings (SSSR count). The topological polar surface area (TPSA) is 66.8 Å². The average Bonchev–Trinajstić information content (AvgIpc) is 2.20. The third-order valence-corrected chi connectivity index (χ3v) is 4.37. The lowest BCUT2D eigenvalue weighted by atomic mass is 9.73. The predicted octanol–water partition coefficient (Wildman–Crippen LogP) is 1.37. The van der Waals surface area contributed by atoms with E-state index in [1.165, 1.54) is 0 Å². The van der Waals surface area contributed by atoms with Gasteiger partial charge in [0, 0.05) is 17.8 Å². The first-order valence-electron chi connectivity index (χ1n) is 5.52. The Morgan fingerprint density at radius 2 is 2.19 bits per heavy atom. The summed E-state index contributed by atoms with van der Waals surface area (Å²) in [4.78, 5) is 11.5. The van der Waals surface area contributed by atoms with Crippen LogP contribution < -0.4 is 0 Å². The van der Waals surface area contributed by atoms with Gasteiger partial charge in [0.2, 0.25) is 0 Å².